The number of aromatic nitrogens is 1. The highest BCUT2D eigenvalue weighted by Gasteiger charge is 2.02. The molecular weight excluding hydrogens is 244 g/mol. The maximum atomic E-state index is 11.2. The van der Waals surface area contributed by atoms with E-state index in [4.69, 9.17) is 0 Å². The Labute approximate surface area is 91.4 Å². The average molecular weight is 255 g/mol. The van der Waals surface area contributed by atoms with Gasteiger partial charge in [-0.2, -0.15) is 0 Å². The van der Waals surface area contributed by atoms with Crippen molar-refractivity contribution in [3.63, 3.8) is 0 Å². The van der Waals surface area contributed by atoms with E-state index in [1.54, 1.807) is 19.2 Å². The number of carbonyl (C=O) groups is 1. The molecule has 0 fully saturated rings. The number of aryl methyl sites for hydroxylation is 1. The zero-order chi connectivity index (χ0) is 10.6. The molecule has 0 saturated carbocycles. The van der Waals surface area contributed by atoms with Gasteiger partial charge < -0.3 is 5.32 Å². The van der Waals surface area contributed by atoms with Crippen LogP contribution in [-0.4, -0.2) is 10.9 Å². The number of nitrogens with zero attached hydrogens (tertiary/aromatic N) is 1. The molecule has 0 unspecified atom stereocenters. The van der Waals surface area contributed by atoms with E-state index < -0.39 is 0 Å². The van der Waals surface area contributed by atoms with Crippen molar-refractivity contribution in [1.29, 1.82) is 0 Å². The first-order chi connectivity index (χ1) is 6.63. The third-order valence-electron chi connectivity index (χ3n) is 1.60. The molecule has 0 saturated heterocycles. The number of rotatable bonds is 2. The van der Waals surface area contributed by atoms with E-state index >= 15 is 0 Å². The number of carbonyl (C=O) groups excluding carboxylic acids is 1. The van der Waals surface area contributed by atoms with Crippen LogP contribution in [0.15, 0.2) is 28.9 Å². The van der Waals surface area contributed by atoms with Gasteiger partial charge in [0.25, 0.3) is 0 Å². The number of hydrogen-bond donors (Lipinski definition) is 1. The summed E-state index contributed by atoms with van der Waals surface area (Å²) in [6, 6.07) is 1.90. The van der Waals surface area contributed by atoms with E-state index in [0.29, 0.717) is 5.82 Å². The molecule has 1 heterocycles. The van der Waals surface area contributed by atoms with Crippen LogP contribution < -0.4 is 5.32 Å². The summed E-state index contributed by atoms with van der Waals surface area (Å²) in [5.41, 5.74) is 0.928. The molecule has 0 aromatic carbocycles. The minimum absolute atomic E-state index is 0.162. The molecular formula is C10H11BrN2O. The molecule has 0 spiro atoms. The summed E-state index contributed by atoms with van der Waals surface area (Å²) in [5, 5.41) is 2.68. The maximum Gasteiger partial charge on any atom is 0.249 e. The lowest BCUT2D eigenvalue weighted by Crippen LogP contribution is -2.10. The summed E-state index contributed by atoms with van der Waals surface area (Å²) in [6.45, 7) is 3.69. The van der Waals surface area contributed by atoms with Crippen molar-refractivity contribution < 1.29 is 4.79 Å². The van der Waals surface area contributed by atoms with Gasteiger partial charge in [-0.3, -0.25) is 4.79 Å². The normalized spacial score (nSPS) is 10.5. The first kappa shape index (κ1) is 10.9. The van der Waals surface area contributed by atoms with Gasteiger partial charge >= 0.3 is 0 Å². The molecule has 0 aliphatic rings. The second kappa shape index (κ2) is 4.91. The number of hydrogen-bond acceptors (Lipinski definition) is 2. The summed E-state index contributed by atoms with van der Waals surface area (Å²) in [4.78, 5) is 15.3. The lowest BCUT2D eigenvalue weighted by atomic mass is 10.3. The molecule has 14 heavy (non-hydrogen) atoms. The SMILES string of the molecule is C/C=C/C(=O)Nc1ncc(Br)cc1C. The molecule has 4 heteroatoms. The second-order valence-electron chi connectivity index (χ2n) is 2.81. The minimum Gasteiger partial charge on any atom is -0.307 e. The van der Waals surface area contributed by atoms with Crippen molar-refractivity contribution in [2.75, 3.05) is 5.32 Å². The van der Waals surface area contributed by atoms with Crippen molar-refractivity contribution in [3.8, 4) is 0 Å². The number of halogens is 1. The summed E-state index contributed by atoms with van der Waals surface area (Å²) < 4.78 is 0.902. The van der Waals surface area contributed by atoms with Crippen LogP contribution in [0.5, 0.6) is 0 Å². The van der Waals surface area contributed by atoms with Crippen LogP contribution in [0.2, 0.25) is 0 Å². The fourth-order valence-corrected chi connectivity index (χ4v) is 1.43. The Hall–Kier alpha value is -1.16. The lowest BCUT2D eigenvalue weighted by Gasteiger charge is -2.04. The highest BCUT2D eigenvalue weighted by Crippen LogP contribution is 2.16. The maximum absolute atomic E-state index is 11.2. The predicted molar refractivity (Wildman–Crippen MR) is 60.1 cm³/mol. The Morgan fingerprint density at radius 2 is 2.36 bits per heavy atom. The predicted octanol–water partition coefficient (Wildman–Crippen LogP) is 2.67. The fourth-order valence-electron chi connectivity index (χ4n) is 0.981. The van der Waals surface area contributed by atoms with Crippen LogP contribution in [0.1, 0.15) is 12.5 Å². The van der Waals surface area contributed by atoms with Crippen LogP contribution in [0.25, 0.3) is 0 Å². The van der Waals surface area contributed by atoms with Crippen molar-refractivity contribution >= 4 is 27.7 Å². The molecule has 1 N–H and O–H groups in total. The molecule has 1 aromatic rings. The van der Waals surface area contributed by atoms with Gasteiger partial charge in [-0.1, -0.05) is 6.08 Å². The third-order valence-corrected chi connectivity index (χ3v) is 2.04. The Kier molecular flexibility index (Phi) is 3.83. The summed E-state index contributed by atoms with van der Waals surface area (Å²) in [5.74, 6) is 0.432. The molecule has 1 rings (SSSR count). The monoisotopic (exact) mass is 254 g/mol. The van der Waals surface area contributed by atoms with Crippen LogP contribution >= 0.6 is 15.9 Å². The molecule has 0 radical (unpaired) electrons. The lowest BCUT2D eigenvalue weighted by molar-refractivity contribution is -0.111. The van der Waals surface area contributed by atoms with Crippen molar-refractivity contribution in [2.45, 2.75) is 13.8 Å². The quantitative estimate of drug-likeness (QED) is 0.825. The van der Waals surface area contributed by atoms with E-state index in [0.717, 1.165) is 10.0 Å². The molecule has 0 bridgehead atoms. The van der Waals surface area contributed by atoms with Crippen molar-refractivity contribution in [2.24, 2.45) is 0 Å². The van der Waals surface area contributed by atoms with Crippen LogP contribution in [0.3, 0.4) is 0 Å². The van der Waals surface area contributed by atoms with Crippen molar-refractivity contribution in [3.05, 3.63) is 34.5 Å². The number of allylic oxidation sites excluding steroid dienone is 1. The number of pyridine rings is 1. The van der Waals surface area contributed by atoms with E-state index in [2.05, 4.69) is 26.2 Å². The summed E-state index contributed by atoms with van der Waals surface area (Å²) >= 11 is 3.30. The Balaban J connectivity index is 2.82. The Morgan fingerprint density at radius 3 is 2.93 bits per heavy atom. The largest absolute Gasteiger partial charge is 0.307 e. The van der Waals surface area contributed by atoms with Gasteiger partial charge in [0.15, 0.2) is 0 Å². The molecule has 1 aromatic heterocycles. The second-order valence-corrected chi connectivity index (χ2v) is 3.72. The third kappa shape index (κ3) is 2.96. The van der Waals surface area contributed by atoms with Gasteiger partial charge in [0.05, 0.1) is 0 Å². The molecule has 1 amide bonds. The highest BCUT2D eigenvalue weighted by atomic mass is 79.9. The van der Waals surface area contributed by atoms with Gasteiger partial charge in [0.1, 0.15) is 5.82 Å². The van der Waals surface area contributed by atoms with E-state index in [1.807, 2.05) is 13.0 Å². The zero-order valence-corrected chi connectivity index (χ0v) is 9.63. The van der Waals surface area contributed by atoms with Gasteiger partial charge in [0, 0.05) is 10.7 Å². The first-order valence-electron chi connectivity index (χ1n) is 4.19. The number of anilines is 1. The minimum atomic E-state index is -0.162. The van der Waals surface area contributed by atoms with E-state index in [-0.39, 0.29) is 5.91 Å². The smallest absolute Gasteiger partial charge is 0.249 e. The number of nitrogens with one attached hydrogen (secondary N) is 1. The Morgan fingerprint density at radius 1 is 1.64 bits per heavy atom. The molecule has 3 nitrogen and oxygen atoms in total. The molecule has 0 aliphatic carbocycles. The fraction of sp³-hybridized carbons (Fsp3) is 0.200. The first-order valence-corrected chi connectivity index (χ1v) is 4.98. The van der Waals surface area contributed by atoms with Crippen LogP contribution in [-0.2, 0) is 4.79 Å². The molecule has 0 aliphatic heterocycles. The Bertz CT molecular complexity index is 374. The van der Waals surface area contributed by atoms with Gasteiger partial charge in [-0.05, 0) is 47.5 Å². The van der Waals surface area contributed by atoms with E-state index in [9.17, 15) is 4.79 Å². The zero-order valence-electron chi connectivity index (χ0n) is 8.04. The average Bonchev–Trinajstić information content (AvgIpc) is 2.10. The van der Waals surface area contributed by atoms with Gasteiger partial charge in [-0.25, -0.2) is 4.98 Å². The standard InChI is InChI=1S/C10H11BrN2O/c1-3-4-9(14)13-10-7(2)5-8(11)6-12-10/h3-6H,1-2H3,(H,12,13,14)/b4-3+. The summed E-state index contributed by atoms with van der Waals surface area (Å²) in [7, 11) is 0. The van der Waals surface area contributed by atoms with Gasteiger partial charge in [0.2, 0.25) is 5.91 Å². The van der Waals surface area contributed by atoms with Crippen molar-refractivity contribution in [1.82, 2.24) is 4.98 Å². The van der Waals surface area contributed by atoms with Crippen LogP contribution in [0.4, 0.5) is 5.82 Å². The highest BCUT2D eigenvalue weighted by molar-refractivity contribution is 9.10. The molecule has 0 atom stereocenters. The van der Waals surface area contributed by atoms with E-state index in [1.165, 1.54) is 6.08 Å². The topological polar surface area (TPSA) is 42.0 Å². The summed E-state index contributed by atoms with van der Waals surface area (Å²) in [6.07, 6.45) is 4.80. The van der Waals surface area contributed by atoms with Crippen LogP contribution in [0, 0.1) is 6.92 Å². The molecule has 74 valence electrons. The van der Waals surface area contributed by atoms with Gasteiger partial charge in [-0.15, -0.1) is 0 Å². The number of amides is 1.